The molecule has 0 aromatic rings. The molecule has 2 rings (SSSR count). The molecule has 0 aromatic heterocycles. The highest BCUT2D eigenvalue weighted by Gasteiger charge is 2.49. The molecule has 2 fully saturated rings. The van der Waals surface area contributed by atoms with Crippen molar-refractivity contribution in [1.29, 1.82) is 0 Å². The molecule has 0 aromatic carbocycles. The van der Waals surface area contributed by atoms with E-state index in [1.54, 1.807) is 0 Å². The highest BCUT2D eigenvalue weighted by Crippen LogP contribution is 2.43. The van der Waals surface area contributed by atoms with Crippen LogP contribution >= 0.6 is 0 Å². The first-order valence-corrected chi connectivity index (χ1v) is 8.68. The Morgan fingerprint density at radius 3 is 2.45 bits per heavy atom. The standard InChI is InChI=1S/C17H34N2O/c1-5-17(6-2)13-18-16(4,15-9-10-15)14-19(17)11-8-12-20-7-3/h15,18H,5-14H2,1-4H3. The average Bonchev–Trinajstić information content (AvgIpc) is 3.30. The van der Waals surface area contributed by atoms with Crippen LogP contribution in [0.2, 0.25) is 0 Å². The highest BCUT2D eigenvalue weighted by atomic mass is 16.5. The summed E-state index contributed by atoms with van der Waals surface area (Å²) < 4.78 is 5.53. The Bertz CT molecular complexity index is 299. The molecule has 1 N–H and O–H groups in total. The number of nitrogens with zero attached hydrogens (tertiary/aromatic N) is 1. The molecule has 1 aliphatic heterocycles. The lowest BCUT2D eigenvalue weighted by Gasteiger charge is -2.54. The van der Waals surface area contributed by atoms with Crippen molar-refractivity contribution < 1.29 is 4.74 Å². The molecular formula is C17H34N2O. The molecule has 1 aliphatic carbocycles. The van der Waals surface area contributed by atoms with E-state index in [-0.39, 0.29) is 0 Å². The number of piperazine rings is 1. The van der Waals surface area contributed by atoms with Crippen LogP contribution in [0.5, 0.6) is 0 Å². The van der Waals surface area contributed by atoms with Crippen molar-refractivity contribution in [2.75, 3.05) is 32.8 Å². The third-order valence-electron chi connectivity index (χ3n) is 5.73. The normalized spacial score (nSPS) is 30.6. The Morgan fingerprint density at radius 2 is 1.90 bits per heavy atom. The Hall–Kier alpha value is -0.120. The molecule has 0 spiro atoms. The molecule has 118 valence electrons. The van der Waals surface area contributed by atoms with Crippen LogP contribution in [0.4, 0.5) is 0 Å². The van der Waals surface area contributed by atoms with Gasteiger partial charge in [0, 0.05) is 43.9 Å². The van der Waals surface area contributed by atoms with E-state index in [0.717, 1.165) is 32.1 Å². The van der Waals surface area contributed by atoms with Gasteiger partial charge in [-0.15, -0.1) is 0 Å². The summed E-state index contributed by atoms with van der Waals surface area (Å²) in [6.45, 7) is 14.5. The van der Waals surface area contributed by atoms with Crippen LogP contribution in [0.1, 0.15) is 59.8 Å². The van der Waals surface area contributed by atoms with Crippen LogP contribution in [-0.4, -0.2) is 48.8 Å². The van der Waals surface area contributed by atoms with Crippen LogP contribution in [0.15, 0.2) is 0 Å². The number of nitrogens with one attached hydrogen (secondary N) is 1. The van der Waals surface area contributed by atoms with E-state index < -0.39 is 0 Å². The molecule has 1 atom stereocenters. The third-order valence-corrected chi connectivity index (χ3v) is 5.73. The van der Waals surface area contributed by atoms with Crippen LogP contribution in [0, 0.1) is 5.92 Å². The SMILES string of the molecule is CCOCCCN1CC(C)(C2CC2)NCC1(CC)CC. The Kier molecular flexibility index (Phi) is 5.49. The van der Waals surface area contributed by atoms with Crippen LogP contribution < -0.4 is 5.32 Å². The van der Waals surface area contributed by atoms with Gasteiger partial charge < -0.3 is 10.1 Å². The van der Waals surface area contributed by atoms with Crippen LogP contribution in [0.3, 0.4) is 0 Å². The second-order valence-electron chi connectivity index (χ2n) is 6.95. The van der Waals surface area contributed by atoms with Crippen molar-refractivity contribution >= 4 is 0 Å². The molecule has 1 saturated heterocycles. The monoisotopic (exact) mass is 282 g/mol. The summed E-state index contributed by atoms with van der Waals surface area (Å²) in [7, 11) is 0. The lowest BCUT2D eigenvalue weighted by molar-refractivity contribution is -0.00910. The molecule has 3 heteroatoms. The molecule has 2 aliphatic rings. The Morgan fingerprint density at radius 1 is 1.20 bits per heavy atom. The van der Waals surface area contributed by atoms with Gasteiger partial charge in [-0.2, -0.15) is 0 Å². The van der Waals surface area contributed by atoms with E-state index in [1.165, 1.54) is 38.8 Å². The zero-order valence-corrected chi connectivity index (χ0v) is 14.0. The van der Waals surface area contributed by atoms with Crippen LogP contribution in [0.25, 0.3) is 0 Å². The first-order chi connectivity index (χ1) is 9.60. The number of hydrogen-bond acceptors (Lipinski definition) is 3. The summed E-state index contributed by atoms with van der Waals surface area (Å²) in [6, 6.07) is 0. The van der Waals surface area contributed by atoms with Gasteiger partial charge >= 0.3 is 0 Å². The number of hydrogen-bond donors (Lipinski definition) is 1. The third kappa shape index (κ3) is 3.37. The van der Waals surface area contributed by atoms with E-state index in [9.17, 15) is 0 Å². The predicted molar refractivity (Wildman–Crippen MR) is 85.1 cm³/mol. The zero-order valence-electron chi connectivity index (χ0n) is 14.0. The molecule has 1 unspecified atom stereocenters. The van der Waals surface area contributed by atoms with Gasteiger partial charge in [0.25, 0.3) is 0 Å². The first kappa shape index (κ1) is 16.3. The Labute approximate surface area is 125 Å². The van der Waals surface area contributed by atoms with Gasteiger partial charge in [-0.1, -0.05) is 13.8 Å². The second-order valence-corrected chi connectivity index (χ2v) is 6.95. The van der Waals surface area contributed by atoms with E-state index in [4.69, 9.17) is 4.74 Å². The van der Waals surface area contributed by atoms with Gasteiger partial charge in [0.2, 0.25) is 0 Å². The quantitative estimate of drug-likeness (QED) is 0.693. The smallest absolute Gasteiger partial charge is 0.0478 e. The highest BCUT2D eigenvalue weighted by molar-refractivity contribution is 5.08. The summed E-state index contributed by atoms with van der Waals surface area (Å²) in [5.41, 5.74) is 0.708. The van der Waals surface area contributed by atoms with Gasteiger partial charge in [-0.3, -0.25) is 4.90 Å². The summed E-state index contributed by atoms with van der Waals surface area (Å²) in [5, 5.41) is 3.91. The zero-order chi connectivity index (χ0) is 14.6. The van der Waals surface area contributed by atoms with Crippen molar-refractivity contribution in [2.45, 2.75) is 70.9 Å². The molecule has 3 nitrogen and oxygen atoms in total. The van der Waals surface area contributed by atoms with Crippen molar-refractivity contribution in [3.8, 4) is 0 Å². The lowest BCUT2D eigenvalue weighted by atomic mass is 9.81. The lowest BCUT2D eigenvalue weighted by Crippen LogP contribution is -2.69. The largest absolute Gasteiger partial charge is 0.382 e. The summed E-state index contributed by atoms with van der Waals surface area (Å²) in [5.74, 6) is 0.906. The maximum atomic E-state index is 5.53. The predicted octanol–water partition coefficient (Wildman–Crippen LogP) is 3.05. The van der Waals surface area contributed by atoms with Crippen molar-refractivity contribution in [1.82, 2.24) is 10.2 Å². The number of rotatable bonds is 8. The molecule has 1 saturated carbocycles. The fourth-order valence-electron chi connectivity index (χ4n) is 3.86. The summed E-state index contributed by atoms with van der Waals surface area (Å²) in [4.78, 5) is 2.78. The minimum absolute atomic E-state index is 0.347. The topological polar surface area (TPSA) is 24.5 Å². The molecule has 1 heterocycles. The van der Waals surface area contributed by atoms with Gasteiger partial charge in [0.05, 0.1) is 0 Å². The van der Waals surface area contributed by atoms with Gasteiger partial charge in [-0.25, -0.2) is 0 Å². The van der Waals surface area contributed by atoms with Crippen molar-refractivity contribution in [2.24, 2.45) is 5.92 Å². The molecule has 0 bridgehead atoms. The number of ether oxygens (including phenoxy) is 1. The maximum Gasteiger partial charge on any atom is 0.0478 e. The fourth-order valence-corrected chi connectivity index (χ4v) is 3.86. The summed E-state index contributed by atoms with van der Waals surface area (Å²) >= 11 is 0. The van der Waals surface area contributed by atoms with E-state index >= 15 is 0 Å². The molecular weight excluding hydrogens is 248 g/mol. The molecule has 0 radical (unpaired) electrons. The fraction of sp³-hybridized carbons (Fsp3) is 1.00. The minimum Gasteiger partial charge on any atom is -0.382 e. The van der Waals surface area contributed by atoms with Gasteiger partial charge in [-0.05, 0) is 51.9 Å². The van der Waals surface area contributed by atoms with Crippen molar-refractivity contribution in [3.05, 3.63) is 0 Å². The maximum absolute atomic E-state index is 5.53. The molecule has 20 heavy (non-hydrogen) atoms. The average molecular weight is 282 g/mol. The van der Waals surface area contributed by atoms with Crippen LogP contribution in [-0.2, 0) is 4.74 Å². The minimum atomic E-state index is 0.347. The summed E-state index contributed by atoms with van der Waals surface area (Å²) in [6.07, 6.45) is 6.48. The van der Waals surface area contributed by atoms with E-state index in [2.05, 4.69) is 37.9 Å². The van der Waals surface area contributed by atoms with Gasteiger partial charge in [0.1, 0.15) is 0 Å². The second kappa shape index (κ2) is 6.76. The van der Waals surface area contributed by atoms with Gasteiger partial charge in [0.15, 0.2) is 0 Å². The molecule has 0 amide bonds. The van der Waals surface area contributed by atoms with E-state index in [0.29, 0.717) is 11.1 Å². The van der Waals surface area contributed by atoms with Crippen molar-refractivity contribution in [3.63, 3.8) is 0 Å². The Balaban J connectivity index is 1.98. The van der Waals surface area contributed by atoms with E-state index in [1.807, 2.05) is 0 Å². The first-order valence-electron chi connectivity index (χ1n) is 8.68.